The first-order valence-corrected chi connectivity index (χ1v) is 9.49. The molecule has 8 N–H and O–H groups in total. The van der Waals surface area contributed by atoms with E-state index in [1.165, 1.54) is 0 Å². The SMILES string of the molecule is Cc1cc(C2CN(C(/C=C(\N)c3ccccc3O)=C(N)N)CCO2)ccc1C(=O)O. The van der Waals surface area contributed by atoms with Crippen LogP contribution in [0, 0.1) is 6.92 Å². The van der Waals surface area contributed by atoms with Crippen molar-refractivity contribution in [3.8, 4) is 5.75 Å². The van der Waals surface area contributed by atoms with Gasteiger partial charge in [0.05, 0.1) is 17.9 Å². The van der Waals surface area contributed by atoms with E-state index in [9.17, 15) is 15.0 Å². The van der Waals surface area contributed by atoms with Gasteiger partial charge in [-0.25, -0.2) is 4.79 Å². The summed E-state index contributed by atoms with van der Waals surface area (Å²) in [7, 11) is 0. The zero-order valence-corrected chi connectivity index (χ0v) is 16.7. The zero-order chi connectivity index (χ0) is 21.8. The smallest absolute Gasteiger partial charge is 0.335 e. The van der Waals surface area contributed by atoms with Crippen LogP contribution in [-0.4, -0.2) is 40.8 Å². The number of morpholine rings is 1. The summed E-state index contributed by atoms with van der Waals surface area (Å²) in [6, 6.07) is 11.9. The number of allylic oxidation sites excluding steroid dienone is 1. The lowest BCUT2D eigenvalue weighted by Crippen LogP contribution is -2.39. The van der Waals surface area contributed by atoms with Crippen LogP contribution in [0.25, 0.3) is 5.70 Å². The summed E-state index contributed by atoms with van der Waals surface area (Å²) in [6.45, 7) is 3.21. The van der Waals surface area contributed by atoms with Crippen LogP contribution in [0.5, 0.6) is 5.75 Å². The number of aromatic hydroxyl groups is 1. The second kappa shape index (κ2) is 8.79. The Labute approximate surface area is 174 Å². The quantitative estimate of drug-likeness (QED) is 0.469. The number of ether oxygens (including phenoxy) is 1. The summed E-state index contributed by atoms with van der Waals surface area (Å²) in [6.07, 6.45) is 1.36. The lowest BCUT2D eigenvalue weighted by Gasteiger charge is -2.36. The summed E-state index contributed by atoms with van der Waals surface area (Å²) in [5.41, 5.74) is 21.2. The second-order valence-electron chi connectivity index (χ2n) is 7.14. The van der Waals surface area contributed by atoms with Gasteiger partial charge in [-0.05, 0) is 42.3 Å². The van der Waals surface area contributed by atoms with Gasteiger partial charge in [0.2, 0.25) is 0 Å². The molecule has 158 valence electrons. The van der Waals surface area contributed by atoms with E-state index in [1.54, 1.807) is 49.4 Å². The molecule has 1 saturated heterocycles. The van der Waals surface area contributed by atoms with Gasteiger partial charge in [-0.2, -0.15) is 0 Å². The highest BCUT2D eigenvalue weighted by Gasteiger charge is 2.25. The number of nitrogens with two attached hydrogens (primary N) is 3. The number of aromatic carboxylic acids is 1. The lowest BCUT2D eigenvalue weighted by molar-refractivity contribution is -0.0172. The van der Waals surface area contributed by atoms with Gasteiger partial charge in [0.1, 0.15) is 17.7 Å². The molecule has 1 atom stereocenters. The Bertz CT molecular complexity index is 1010. The van der Waals surface area contributed by atoms with Crippen molar-refractivity contribution in [3.05, 3.63) is 82.3 Å². The van der Waals surface area contributed by atoms with Crippen LogP contribution in [-0.2, 0) is 4.74 Å². The Morgan fingerprint density at radius 2 is 1.90 bits per heavy atom. The molecule has 8 heteroatoms. The maximum Gasteiger partial charge on any atom is 0.335 e. The fraction of sp³-hybridized carbons (Fsp3) is 0.227. The molecule has 2 aromatic carbocycles. The number of phenols is 1. The number of nitrogens with zero attached hydrogens (tertiary/aromatic N) is 1. The first kappa shape index (κ1) is 21.1. The van der Waals surface area contributed by atoms with Crippen LogP contribution in [0.15, 0.2) is 60.1 Å². The van der Waals surface area contributed by atoms with Crippen LogP contribution < -0.4 is 17.2 Å². The first-order chi connectivity index (χ1) is 14.3. The molecule has 1 heterocycles. The number of carboxylic acid groups (broad SMARTS) is 1. The van der Waals surface area contributed by atoms with E-state index in [0.29, 0.717) is 42.2 Å². The molecule has 0 aromatic heterocycles. The highest BCUT2D eigenvalue weighted by molar-refractivity contribution is 5.89. The van der Waals surface area contributed by atoms with E-state index in [0.717, 1.165) is 5.56 Å². The summed E-state index contributed by atoms with van der Waals surface area (Å²) in [5.74, 6) is -0.794. The molecule has 0 radical (unpaired) electrons. The lowest BCUT2D eigenvalue weighted by atomic mass is 10.0. The van der Waals surface area contributed by atoms with Crippen LogP contribution in [0.3, 0.4) is 0 Å². The second-order valence-corrected chi connectivity index (χ2v) is 7.14. The number of rotatable bonds is 5. The Balaban J connectivity index is 1.86. The molecule has 3 rings (SSSR count). The molecule has 1 unspecified atom stereocenters. The fourth-order valence-corrected chi connectivity index (χ4v) is 3.50. The minimum Gasteiger partial charge on any atom is -0.507 e. The number of hydrogen-bond acceptors (Lipinski definition) is 7. The van der Waals surface area contributed by atoms with Crippen LogP contribution in [0.4, 0.5) is 0 Å². The fourth-order valence-electron chi connectivity index (χ4n) is 3.50. The maximum absolute atomic E-state index is 11.3. The van der Waals surface area contributed by atoms with E-state index in [4.69, 9.17) is 21.9 Å². The van der Waals surface area contributed by atoms with Gasteiger partial charge in [0, 0.05) is 24.4 Å². The van der Waals surface area contributed by atoms with Crippen molar-refractivity contribution in [1.29, 1.82) is 0 Å². The third-order valence-electron chi connectivity index (χ3n) is 5.06. The van der Waals surface area contributed by atoms with E-state index in [1.807, 2.05) is 11.0 Å². The van der Waals surface area contributed by atoms with Gasteiger partial charge in [0.15, 0.2) is 0 Å². The maximum atomic E-state index is 11.3. The minimum absolute atomic E-state index is 0.0649. The molecule has 0 saturated carbocycles. The van der Waals surface area contributed by atoms with Crippen LogP contribution >= 0.6 is 0 Å². The molecule has 1 fully saturated rings. The zero-order valence-electron chi connectivity index (χ0n) is 16.7. The van der Waals surface area contributed by atoms with Crippen molar-refractivity contribution >= 4 is 11.7 Å². The minimum atomic E-state index is -0.962. The normalized spacial score (nSPS) is 16.9. The van der Waals surface area contributed by atoms with E-state index in [2.05, 4.69) is 0 Å². The summed E-state index contributed by atoms with van der Waals surface area (Å²) >= 11 is 0. The van der Waals surface area contributed by atoms with Crippen molar-refractivity contribution in [2.24, 2.45) is 17.2 Å². The molecular formula is C22H26N4O4. The summed E-state index contributed by atoms with van der Waals surface area (Å²) in [5, 5.41) is 19.3. The molecule has 0 amide bonds. The topological polar surface area (TPSA) is 148 Å². The predicted octanol–water partition coefficient (Wildman–Crippen LogP) is 1.86. The number of benzene rings is 2. The molecule has 0 aliphatic carbocycles. The largest absolute Gasteiger partial charge is 0.507 e. The molecule has 30 heavy (non-hydrogen) atoms. The Morgan fingerprint density at radius 3 is 2.53 bits per heavy atom. The Morgan fingerprint density at radius 1 is 1.17 bits per heavy atom. The molecule has 0 bridgehead atoms. The third-order valence-corrected chi connectivity index (χ3v) is 5.06. The molecule has 0 spiro atoms. The first-order valence-electron chi connectivity index (χ1n) is 9.49. The number of hydrogen-bond donors (Lipinski definition) is 5. The van der Waals surface area contributed by atoms with Gasteiger partial charge < -0.3 is 37.1 Å². The van der Waals surface area contributed by atoms with E-state index in [-0.39, 0.29) is 23.2 Å². The van der Waals surface area contributed by atoms with Gasteiger partial charge >= 0.3 is 5.97 Å². The van der Waals surface area contributed by atoms with Crippen LogP contribution in [0.1, 0.15) is 33.2 Å². The van der Waals surface area contributed by atoms with Crippen molar-refractivity contribution in [2.75, 3.05) is 19.7 Å². The average Bonchev–Trinajstić information content (AvgIpc) is 2.71. The van der Waals surface area contributed by atoms with Gasteiger partial charge in [-0.15, -0.1) is 0 Å². The number of carboxylic acids is 1. The molecule has 1 aliphatic rings. The average molecular weight is 410 g/mol. The van der Waals surface area contributed by atoms with E-state index >= 15 is 0 Å². The Hall–Kier alpha value is -3.65. The highest BCUT2D eigenvalue weighted by Crippen LogP contribution is 2.28. The molecular weight excluding hydrogens is 384 g/mol. The number of aryl methyl sites for hydroxylation is 1. The summed E-state index contributed by atoms with van der Waals surface area (Å²) in [4.78, 5) is 13.2. The van der Waals surface area contributed by atoms with Gasteiger partial charge in [-0.3, -0.25) is 0 Å². The monoisotopic (exact) mass is 410 g/mol. The third kappa shape index (κ3) is 4.49. The van der Waals surface area contributed by atoms with Gasteiger partial charge in [0.25, 0.3) is 0 Å². The number of phenolic OH excluding ortho intramolecular Hbond substituents is 1. The Kier molecular flexibility index (Phi) is 6.17. The van der Waals surface area contributed by atoms with Crippen molar-refractivity contribution in [2.45, 2.75) is 13.0 Å². The van der Waals surface area contributed by atoms with Gasteiger partial charge in [-0.1, -0.05) is 24.3 Å². The molecule has 1 aliphatic heterocycles. The molecule has 8 nitrogen and oxygen atoms in total. The standard InChI is InChI=1S/C22H26N4O4/c1-13-10-14(6-7-15(13)22(28)29)20-12-26(8-9-30-20)18(21(24)25)11-17(23)16-4-2-3-5-19(16)27/h2-7,10-11,20,27H,8-9,12,23-25H2,1H3,(H,28,29)/b17-11-. The predicted molar refractivity (Wildman–Crippen MR) is 114 cm³/mol. The highest BCUT2D eigenvalue weighted by atomic mass is 16.5. The number of carbonyl (C=O) groups is 1. The summed E-state index contributed by atoms with van der Waals surface area (Å²) < 4.78 is 5.90. The van der Waals surface area contributed by atoms with Crippen molar-refractivity contribution in [1.82, 2.24) is 4.90 Å². The van der Waals surface area contributed by atoms with E-state index < -0.39 is 5.97 Å². The van der Waals surface area contributed by atoms with Crippen molar-refractivity contribution in [3.63, 3.8) is 0 Å². The van der Waals surface area contributed by atoms with Crippen molar-refractivity contribution < 1.29 is 19.7 Å². The van der Waals surface area contributed by atoms with Crippen LogP contribution in [0.2, 0.25) is 0 Å². The molecule has 2 aromatic rings. The number of para-hydroxylation sites is 1.